The van der Waals surface area contributed by atoms with Gasteiger partial charge in [0.15, 0.2) is 4.67 Å². The van der Waals surface area contributed by atoms with Crippen molar-refractivity contribution < 1.29 is 30.9 Å². The van der Waals surface area contributed by atoms with Gasteiger partial charge in [-0.2, -0.15) is 0 Å². The van der Waals surface area contributed by atoms with Crippen LogP contribution in [0.4, 0.5) is 0 Å². The average Bonchev–Trinajstić information content (AvgIpc) is 3.32. The molecule has 3 aromatic carbocycles. The van der Waals surface area contributed by atoms with E-state index in [9.17, 15) is 0 Å². The molecule has 1 unspecified atom stereocenters. The Morgan fingerprint density at radius 1 is 0.893 bits per heavy atom. The summed E-state index contributed by atoms with van der Waals surface area (Å²) in [6.07, 6.45) is 5.30. The molecule has 0 amide bonds. The van der Waals surface area contributed by atoms with Crippen molar-refractivity contribution in [2.45, 2.75) is 12.5 Å². The fraction of sp³-hybridized carbons (Fsp3) is 0.0833. The van der Waals surface area contributed by atoms with Gasteiger partial charge in [-0.3, -0.25) is 0 Å². The zero-order valence-corrected chi connectivity index (χ0v) is 19.9. The maximum Gasteiger partial charge on any atom is 3.00 e. The third kappa shape index (κ3) is 3.88. The molecule has 0 spiro atoms. The Morgan fingerprint density at radius 2 is 1.64 bits per heavy atom. The second-order valence-electron chi connectivity index (χ2n) is 6.53. The van der Waals surface area contributed by atoms with Gasteiger partial charge in [-0.15, -0.1) is 71.3 Å². The standard InChI is InChI=1S/C13H9.C11H6BrO.H2S.Zr/c1-3-7-12-10(5-1)9-11-6-2-4-8-13(11)12;12-10-6-8-5-7-3-1-2-4-9(7)11(8)13-10;;/h1-7H,9H2;1-2,4-6,11H;1H2;/q2*-1;;+3/p-1. The van der Waals surface area contributed by atoms with Gasteiger partial charge < -0.3 is 18.2 Å². The summed E-state index contributed by atoms with van der Waals surface area (Å²) >= 11 is 3.33. The van der Waals surface area contributed by atoms with Crippen molar-refractivity contribution in [3.05, 3.63) is 111 Å². The number of ether oxygens (including phenoxy) is 1. The summed E-state index contributed by atoms with van der Waals surface area (Å²) in [7, 11) is 0. The second kappa shape index (κ2) is 8.99. The van der Waals surface area contributed by atoms with Crippen molar-refractivity contribution >= 4 is 35.5 Å². The number of benzene rings is 3. The van der Waals surface area contributed by atoms with Crippen LogP contribution in [-0.4, -0.2) is 0 Å². The van der Waals surface area contributed by atoms with E-state index in [1.54, 1.807) is 0 Å². The molecular formula is C24H16BrOSZr. The molecule has 0 bridgehead atoms. The van der Waals surface area contributed by atoms with Crippen molar-refractivity contribution in [3.8, 4) is 11.1 Å². The topological polar surface area (TPSA) is 9.23 Å². The van der Waals surface area contributed by atoms with Crippen LogP contribution in [0.3, 0.4) is 0 Å². The largest absolute Gasteiger partial charge is 3.00 e. The number of fused-ring (bicyclic) bond motifs is 6. The number of halogens is 1. The van der Waals surface area contributed by atoms with Crippen LogP contribution in [0, 0.1) is 12.1 Å². The normalized spacial score (nSPS) is 16.4. The van der Waals surface area contributed by atoms with Crippen LogP contribution in [0.25, 0.3) is 17.2 Å². The predicted molar refractivity (Wildman–Crippen MR) is 116 cm³/mol. The molecule has 28 heavy (non-hydrogen) atoms. The molecule has 3 aromatic rings. The van der Waals surface area contributed by atoms with Crippen LogP contribution in [-0.2, 0) is 50.9 Å². The minimum absolute atomic E-state index is 0. The number of hydrogen-bond acceptors (Lipinski definition) is 2. The second-order valence-corrected chi connectivity index (χ2v) is 7.32. The molecule has 0 aromatic heterocycles. The molecule has 1 radical (unpaired) electrons. The van der Waals surface area contributed by atoms with Crippen molar-refractivity contribution in [3.63, 3.8) is 0 Å². The van der Waals surface area contributed by atoms with Crippen LogP contribution in [0.2, 0.25) is 0 Å². The molecule has 0 saturated heterocycles. The summed E-state index contributed by atoms with van der Waals surface area (Å²) in [6, 6.07) is 27.3. The number of hydrogen-bond donors (Lipinski definition) is 0. The van der Waals surface area contributed by atoms with Gasteiger partial charge in [0.05, 0.1) is 0 Å². The summed E-state index contributed by atoms with van der Waals surface area (Å²) < 4.78 is 6.42. The Morgan fingerprint density at radius 3 is 2.54 bits per heavy atom. The van der Waals surface area contributed by atoms with E-state index < -0.39 is 0 Å². The average molecular weight is 524 g/mol. The quantitative estimate of drug-likeness (QED) is 0.159. The Hall–Kier alpha value is -1.35. The number of rotatable bonds is 0. The smallest absolute Gasteiger partial charge is 0.813 e. The Labute approximate surface area is 200 Å². The predicted octanol–water partition coefficient (Wildman–Crippen LogP) is 5.98. The van der Waals surface area contributed by atoms with Gasteiger partial charge in [0, 0.05) is 0 Å². The molecule has 2 aliphatic carbocycles. The molecule has 0 saturated carbocycles. The van der Waals surface area contributed by atoms with Gasteiger partial charge in [-0.25, -0.2) is 0 Å². The van der Waals surface area contributed by atoms with E-state index in [0.29, 0.717) is 0 Å². The van der Waals surface area contributed by atoms with Crippen LogP contribution < -0.4 is 0 Å². The zero-order chi connectivity index (χ0) is 17.5. The monoisotopic (exact) mass is 521 g/mol. The number of thiol groups is 1. The summed E-state index contributed by atoms with van der Waals surface area (Å²) in [5.74, 6) is 0. The Kier molecular flexibility index (Phi) is 6.86. The van der Waals surface area contributed by atoms with E-state index in [0.717, 1.165) is 16.7 Å². The molecule has 0 fully saturated rings. The summed E-state index contributed by atoms with van der Waals surface area (Å²) in [6.45, 7) is 0. The molecule has 1 aliphatic heterocycles. The van der Waals surface area contributed by atoms with Gasteiger partial charge in [-0.1, -0.05) is 41.0 Å². The molecule has 3 aliphatic rings. The van der Waals surface area contributed by atoms with E-state index >= 15 is 0 Å². The van der Waals surface area contributed by atoms with Crippen molar-refractivity contribution in [1.29, 1.82) is 0 Å². The molecule has 1 nitrogen and oxygen atoms in total. The third-order valence-corrected chi connectivity index (χ3v) is 5.35. The first-order valence-corrected chi connectivity index (χ1v) is 9.43. The summed E-state index contributed by atoms with van der Waals surface area (Å²) in [5.41, 5.74) is 9.06. The molecule has 6 rings (SSSR count). The van der Waals surface area contributed by atoms with Crippen LogP contribution in [0.5, 0.6) is 0 Å². The molecule has 0 N–H and O–H groups in total. The maximum absolute atomic E-state index is 5.60. The van der Waals surface area contributed by atoms with Crippen molar-refractivity contribution in [2.75, 3.05) is 0 Å². The third-order valence-electron chi connectivity index (χ3n) is 4.94. The summed E-state index contributed by atoms with van der Waals surface area (Å²) in [5, 5.41) is 0. The fourth-order valence-corrected chi connectivity index (χ4v) is 4.21. The first-order chi connectivity index (χ1) is 12.8. The van der Waals surface area contributed by atoms with Crippen molar-refractivity contribution in [1.82, 2.24) is 0 Å². The minimum Gasteiger partial charge on any atom is -0.813 e. The van der Waals surface area contributed by atoms with Gasteiger partial charge in [0.2, 0.25) is 0 Å². The van der Waals surface area contributed by atoms with E-state index in [-0.39, 0.29) is 45.8 Å². The molecule has 1 heterocycles. The van der Waals surface area contributed by atoms with Crippen molar-refractivity contribution in [2.24, 2.45) is 0 Å². The van der Waals surface area contributed by atoms with Gasteiger partial charge in [0.1, 0.15) is 6.10 Å². The van der Waals surface area contributed by atoms with Crippen LogP contribution in [0.1, 0.15) is 28.4 Å². The first kappa shape index (κ1) is 21.4. The minimum atomic E-state index is 0. The first-order valence-electron chi connectivity index (χ1n) is 8.63. The Balaban J connectivity index is 0.000000150. The molecule has 135 valence electrons. The van der Waals surface area contributed by atoms with Gasteiger partial charge in [-0.05, 0) is 34.0 Å². The van der Waals surface area contributed by atoms with Crippen LogP contribution >= 0.6 is 15.9 Å². The fourth-order valence-electron chi connectivity index (χ4n) is 3.76. The van der Waals surface area contributed by atoms with E-state index in [4.69, 9.17) is 4.74 Å². The maximum atomic E-state index is 5.60. The molecule has 1 atom stereocenters. The summed E-state index contributed by atoms with van der Waals surface area (Å²) in [4.78, 5) is 0. The SMILES string of the molecule is BrC1=CC2=Cc3[c-]cccc3C2O1.[SH-].[Zr+3].[c-]1cccc2c1-c1ccccc1C2. The Bertz CT molecular complexity index is 1030. The van der Waals surface area contributed by atoms with E-state index in [1.807, 2.05) is 24.3 Å². The van der Waals surface area contributed by atoms with E-state index in [2.05, 4.69) is 76.6 Å². The molecule has 4 heteroatoms. The van der Waals surface area contributed by atoms with Gasteiger partial charge in [0.25, 0.3) is 0 Å². The van der Waals surface area contributed by atoms with E-state index in [1.165, 1.54) is 33.4 Å². The van der Waals surface area contributed by atoms with Crippen LogP contribution in [0.15, 0.2) is 77.0 Å². The molecular weight excluding hydrogens is 507 g/mol. The van der Waals surface area contributed by atoms with Gasteiger partial charge >= 0.3 is 26.2 Å². The zero-order valence-electron chi connectivity index (χ0n) is 14.9.